The Balaban J connectivity index is 1.75. The van der Waals surface area contributed by atoms with Crippen LogP contribution in [0.5, 0.6) is 0 Å². The van der Waals surface area contributed by atoms with E-state index in [0.717, 1.165) is 32.0 Å². The van der Waals surface area contributed by atoms with Gasteiger partial charge in [0.15, 0.2) is 4.96 Å². The predicted molar refractivity (Wildman–Crippen MR) is 92.0 cm³/mol. The molecular formula is C18H14N2O2S. The summed E-state index contributed by atoms with van der Waals surface area (Å²) in [7, 11) is 0. The summed E-state index contributed by atoms with van der Waals surface area (Å²) >= 11 is 1.63. The summed E-state index contributed by atoms with van der Waals surface area (Å²) < 4.78 is 3.23. The third kappa shape index (κ3) is 2.59. The van der Waals surface area contributed by atoms with E-state index >= 15 is 0 Å². The summed E-state index contributed by atoms with van der Waals surface area (Å²) in [4.78, 5) is 16.4. The van der Waals surface area contributed by atoms with Gasteiger partial charge in [-0.3, -0.25) is 9.20 Å². The molecule has 0 amide bonds. The van der Waals surface area contributed by atoms with Crippen molar-refractivity contribution in [3.8, 4) is 11.3 Å². The largest absolute Gasteiger partial charge is 0.481 e. The number of carbonyl (C=O) groups is 1. The van der Waals surface area contributed by atoms with Crippen molar-refractivity contribution in [3.05, 3.63) is 60.3 Å². The van der Waals surface area contributed by atoms with Crippen molar-refractivity contribution in [1.82, 2.24) is 9.38 Å². The summed E-state index contributed by atoms with van der Waals surface area (Å²) in [5, 5.41) is 8.80. The van der Waals surface area contributed by atoms with Gasteiger partial charge in [-0.2, -0.15) is 0 Å². The molecule has 4 nitrogen and oxygen atoms in total. The number of carboxylic acids is 1. The van der Waals surface area contributed by atoms with Gasteiger partial charge in [0, 0.05) is 18.2 Å². The highest BCUT2D eigenvalue weighted by Gasteiger charge is 2.10. The monoisotopic (exact) mass is 322 g/mol. The molecule has 0 radical (unpaired) electrons. The lowest BCUT2D eigenvalue weighted by Crippen LogP contribution is -1.97. The third-order valence-electron chi connectivity index (χ3n) is 3.86. The van der Waals surface area contributed by atoms with Crippen molar-refractivity contribution in [1.29, 1.82) is 0 Å². The van der Waals surface area contributed by atoms with E-state index in [4.69, 9.17) is 10.1 Å². The number of nitrogens with zero attached hydrogens (tertiary/aromatic N) is 2. The standard InChI is InChI=1S/C18H14N2O2S/c21-17(22)9-7-12-6-8-15-16(10-12)23-18-19-14(11-20(15)18)13-4-2-1-3-5-13/h1-6,8,10-11H,7,9H2,(H,21,22). The number of fused-ring (bicyclic) bond motifs is 3. The fraction of sp³-hybridized carbons (Fsp3) is 0.111. The van der Waals surface area contributed by atoms with Crippen LogP contribution < -0.4 is 0 Å². The second-order valence-electron chi connectivity index (χ2n) is 5.44. The lowest BCUT2D eigenvalue weighted by molar-refractivity contribution is -0.136. The molecule has 2 aromatic carbocycles. The molecule has 4 aromatic rings. The highest BCUT2D eigenvalue weighted by Crippen LogP contribution is 2.30. The number of hydrogen-bond acceptors (Lipinski definition) is 3. The molecule has 0 unspecified atom stereocenters. The Morgan fingerprint density at radius 3 is 2.78 bits per heavy atom. The van der Waals surface area contributed by atoms with Gasteiger partial charge < -0.3 is 5.11 Å². The SMILES string of the molecule is O=C(O)CCc1ccc2c(c1)sc1nc(-c3ccccc3)cn12. The molecule has 0 atom stereocenters. The van der Waals surface area contributed by atoms with Gasteiger partial charge in [-0.1, -0.05) is 47.7 Å². The average molecular weight is 322 g/mol. The van der Waals surface area contributed by atoms with Gasteiger partial charge >= 0.3 is 5.97 Å². The van der Waals surface area contributed by atoms with Crippen molar-refractivity contribution in [2.45, 2.75) is 12.8 Å². The van der Waals surface area contributed by atoms with Gasteiger partial charge in [-0.05, 0) is 24.1 Å². The van der Waals surface area contributed by atoms with Crippen molar-refractivity contribution in [2.75, 3.05) is 0 Å². The first-order valence-corrected chi connectivity index (χ1v) is 8.20. The summed E-state index contributed by atoms with van der Waals surface area (Å²) in [5.41, 5.74) is 4.23. The second-order valence-corrected chi connectivity index (χ2v) is 6.45. The van der Waals surface area contributed by atoms with E-state index in [1.165, 1.54) is 0 Å². The molecule has 4 rings (SSSR count). The number of hydrogen-bond donors (Lipinski definition) is 1. The van der Waals surface area contributed by atoms with E-state index in [9.17, 15) is 4.79 Å². The van der Waals surface area contributed by atoms with Crippen LogP contribution in [0.4, 0.5) is 0 Å². The molecule has 0 aliphatic carbocycles. The van der Waals surface area contributed by atoms with Gasteiger partial charge in [0.25, 0.3) is 0 Å². The number of rotatable bonds is 4. The first-order chi connectivity index (χ1) is 11.2. The zero-order valence-electron chi connectivity index (χ0n) is 12.3. The van der Waals surface area contributed by atoms with Crippen molar-refractivity contribution in [2.24, 2.45) is 0 Å². The average Bonchev–Trinajstić information content (AvgIpc) is 3.11. The Labute approximate surface area is 136 Å². The Kier molecular flexibility index (Phi) is 3.35. The Bertz CT molecular complexity index is 1000. The highest BCUT2D eigenvalue weighted by atomic mass is 32.1. The number of aliphatic carboxylic acids is 1. The molecule has 0 fully saturated rings. The van der Waals surface area contributed by atoms with E-state index < -0.39 is 5.97 Å². The normalized spacial score (nSPS) is 11.3. The fourth-order valence-corrected chi connectivity index (χ4v) is 3.77. The van der Waals surface area contributed by atoms with Crippen LogP contribution in [0.3, 0.4) is 0 Å². The summed E-state index contributed by atoms with van der Waals surface area (Å²) in [6, 6.07) is 16.2. The molecule has 114 valence electrons. The van der Waals surface area contributed by atoms with Crippen LogP contribution in [0, 0.1) is 0 Å². The van der Waals surface area contributed by atoms with Gasteiger partial charge in [0.1, 0.15) is 0 Å². The molecular weight excluding hydrogens is 308 g/mol. The molecule has 1 N–H and O–H groups in total. The first kappa shape index (κ1) is 14.0. The highest BCUT2D eigenvalue weighted by molar-refractivity contribution is 7.23. The van der Waals surface area contributed by atoms with Crippen LogP contribution in [0.25, 0.3) is 26.4 Å². The Morgan fingerprint density at radius 1 is 1.17 bits per heavy atom. The minimum atomic E-state index is -0.765. The van der Waals surface area contributed by atoms with Crippen molar-refractivity contribution in [3.63, 3.8) is 0 Å². The van der Waals surface area contributed by atoms with Crippen molar-refractivity contribution >= 4 is 32.5 Å². The number of imidazole rings is 1. The lowest BCUT2D eigenvalue weighted by atomic mass is 10.1. The Morgan fingerprint density at radius 2 is 2.00 bits per heavy atom. The minimum absolute atomic E-state index is 0.159. The topological polar surface area (TPSA) is 54.6 Å². The van der Waals surface area contributed by atoms with E-state index in [-0.39, 0.29) is 6.42 Å². The molecule has 0 spiro atoms. The van der Waals surface area contributed by atoms with Crippen molar-refractivity contribution < 1.29 is 9.90 Å². The maximum absolute atomic E-state index is 10.7. The summed E-state index contributed by atoms with van der Waals surface area (Å²) in [6.07, 6.45) is 2.77. The quantitative estimate of drug-likeness (QED) is 0.611. The molecule has 0 saturated heterocycles. The molecule has 2 heterocycles. The third-order valence-corrected chi connectivity index (χ3v) is 4.87. The Hall–Kier alpha value is -2.66. The number of thiazole rings is 1. The maximum Gasteiger partial charge on any atom is 0.303 e. The van der Waals surface area contributed by atoms with Crippen LogP contribution in [0.2, 0.25) is 0 Å². The van der Waals surface area contributed by atoms with E-state index in [1.807, 2.05) is 30.3 Å². The fourth-order valence-electron chi connectivity index (χ4n) is 2.70. The number of benzene rings is 2. The molecule has 0 saturated carbocycles. The first-order valence-electron chi connectivity index (χ1n) is 7.38. The maximum atomic E-state index is 10.7. The summed E-state index contributed by atoms with van der Waals surface area (Å²) in [6.45, 7) is 0. The number of aromatic nitrogens is 2. The van der Waals surface area contributed by atoms with Crippen LogP contribution in [-0.4, -0.2) is 20.5 Å². The zero-order valence-corrected chi connectivity index (χ0v) is 13.1. The van der Waals surface area contributed by atoms with Crippen LogP contribution in [0.15, 0.2) is 54.7 Å². The van der Waals surface area contributed by atoms with E-state index in [2.05, 4.69) is 28.8 Å². The molecule has 0 aliphatic rings. The second kappa shape index (κ2) is 5.52. The number of aryl methyl sites for hydroxylation is 1. The van der Waals surface area contributed by atoms with E-state index in [0.29, 0.717) is 6.42 Å². The molecule has 0 bridgehead atoms. The van der Waals surface area contributed by atoms with Crippen LogP contribution in [-0.2, 0) is 11.2 Å². The van der Waals surface area contributed by atoms with Gasteiger partial charge in [0.05, 0.1) is 15.9 Å². The van der Waals surface area contributed by atoms with Gasteiger partial charge in [-0.25, -0.2) is 4.98 Å². The predicted octanol–water partition coefficient (Wildman–Crippen LogP) is 4.23. The molecule has 5 heteroatoms. The lowest BCUT2D eigenvalue weighted by Gasteiger charge is -1.99. The summed E-state index contributed by atoms with van der Waals surface area (Å²) in [5.74, 6) is -0.765. The number of carboxylic acid groups (broad SMARTS) is 1. The smallest absolute Gasteiger partial charge is 0.303 e. The van der Waals surface area contributed by atoms with Crippen LogP contribution in [0.1, 0.15) is 12.0 Å². The van der Waals surface area contributed by atoms with Crippen LogP contribution >= 0.6 is 11.3 Å². The minimum Gasteiger partial charge on any atom is -0.481 e. The van der Waals surface area contributed by atoms with Gasteiger partial charge in [0.2, 0.25) is 0 Å². The molecule has 0 aliphatic heterocycles. The van der Waals surface area contributed by atoms with E-state index in [1.54, 1.807) is 11.3 Å². The van der Waals surface area contributed by atoms with Gasteiger partial charge in [-0.15, -0.1) is 0 Å². The zero-order chi connectivity index (χ0) is 15.8. The molecule has 2 aromatic heterocycles. The molecule has 23 heavy (non-hydrogen) atoms.